The Kier molecular flexibility index (Phi) is 5.83. The Balaban J connectivity index is 1.80. The summed E-state index contributed by atoms with van der Waals surface area (Å²) < 4.78 is 0. The van der Waals surface area contributed by atoms with Crippen LogP contribution >= 0.6 is 11.8 Å². The van der Waals surface area contributed by atoms with Crippen LogP contribution in [0.3, 0.4) is 0 Å². The van der Waals surface area contributed by atoms with Gasteiger partial charge in [-0.25, -0.2) is 0 Å². The number of carbonyl (C=O) groups excluding carboxylic acids is 2. The summed E-state index contributed by atoms with van der Waals surface area (Å²) in [5, 5.41) is 25.2. The third-order valence-corrected chi connectivity index (χ3v) is 6.17. The highest BCUT2D eigenvalue weighted by atomic mass is 32.2. The van der Waals surface area contributed by atoms with Crippen molar-refractivity contribution in [3.8, 4) is 12.1 Å². The summed E-state index contributed by atoms with van der Waals surface area (Å²) >= 11 is 1.15. The fourth-order valence-corrected chi connectivity index (χ4v) is 4.81. The van der Waals surface area contributed by atoms with E-state index in [2.05, 4.69) is 22.8 Å². The van der Waals surface area contributed by atoms with Gasteiger partial charge in [0.05, 0.1) is 28.5 Å². The van der Waals surface area contributed by atoms with Gasteiger partial charge in [0.25, 0.3) is 0 Å². The smallest absolute Gasteiger partial charge is 0.243 e. The highest BCUT2D eigenvalue weighted by Gasteiger charge is 2.51. The molecule has 0 saturated heterocycles. The van der Waals surface area contributed by atoms with Crippen LogP contribution in [-0.4, -0.2) is 17.6 Å². The lowest BCUT2D eigenvalue weighted by atomic mass is 9.61. The van der Waals surface area contributed by atoms with Crippen LogP contribution in [0.15, 0.2) is 40.9 Å². The van der Waals surface area contributed by atoms with Crippen LogP contribution in [0.5, 0.6) is 0 Å². The predicted molar refractivity (Wildman–Crippen MR) is 103 cm³/mol. The van der Waals surface area contributed by atoms with Crippen LogP contribution in [0.25, 0.3) is 0 Å². The van der Waals surface area contributed by atoms with Crippen molar-refractivity contribution in [2.45, 2.75) is 32.1 Å². The third-order valence-electron chi connectivity index (χ3n) is 5.17. The van der Waals surface area contributed by atoms with E-state index >= 15 is 0 Å². The number of benzene rings is 1. The first-order chi connectivity index (χ1) is 13.1. The summed E-state index contributed by atoms with van der Waals surface area (Å²) in [6.45, 7) is 0. The highest BCUT2D eigenvalue weighted by molar-refractivity contribution is 8.03. The van der Waals surface area contributed by atoms with Crippen molar-refractivity contribution >= 4 is 29.3 Å². The van der Waals surface area contributed by atoms with Crippen molar-refractivity contribution in [2.24, 2.45) is 11.3 Å². The molecular formula is C20H20N4O2S. The predicted octanol–water partition coefficient (Wildman–Crippen LogP) is 3.31. The maximum atomic E-state index is 12.5. The fourth-order valence-electron chi connectivity index (χ4n) is 3.90. The van der Waals surface area contributed by atoms with E-state index in [1.165, 1.54) is 0 Å². The van der Waals surface area contributed by atoms with Crippen LogP contribution in [0, 0.1) is 34.0 Å². The zero-order chi connectivity index (χ0) is 19.3. The van der Waals surface area contributed by atoms with Crippen molar-refractivity contribution in [1.29, 1.82) is 10.5 Å². The molecular weight excluding hydrogens is 360 g/mol. The molecule has 1 fully saturated rings. The molecule has 1 spiro atoms. The topological polar surface area (TPSA) is 106 Å². The van der Waals surface area contributed by atoms with E-state index in [4.69, 9.17) is 0 Å². The minimum Gasteiger partial charge on any atom is -0.325 e. The third kappa shape index (κ3) is 3.84. The van der Waals surface area contributed by atoms with E-state index < -0.39 is 11.3 Å². The minimum atomic E-state index is -0.852. The normalized spacial score (nSPS) is 21.1. The second kappa shape index (κ2) is 8.28. The van der Waals surface area contributed by atoms with E-state index in [0.29, 0.717) is 29.1 Å². The zero-order valence-corrected chi connectivity index (χ0v) is 15.6. The molecule has 0 aromatic heterocycles. The van der Waals surface area contributed by atoms with Crippen molar-refractivity contribution in [2.75, 3.05) is 11.1 Å². The Labute approximate surface area is 162 Å². The van der Waals surface area contributed by atoms with Crippen LogP contribution in [0.2, 0.25) is 0 Å². The maximum absolute atomic E-state index is 12.5. The number of anilines is 1. The summed E-state index contributed by atoms with van der Waals surface area (Å²) in [6.07, 6.45) is 4.14. The average Bonchev–Trinajstić information content (AvgIpc) is 2.68. The molecule has 0 unspecified atom stereocenters. The largest absolute Gasteiger partial charge is 0.325 e. The van der Waals surface area contributed by atoms with E-state index in [-0.39, 0.29) is 17.6 Å². The molecule has 1 heterocycles. The maximum Gasteiger partial charge on any atom is 0.243 e. The molecule has 1 saturated carbocycles. The second-order valence-corrected chi connectivity index (χ2v) is 7.77. The summed E-state index contributed by atoms with van der Waals surface area (Å²) in [6, 6.07) is 13.4. The summed E-state index contributed by atoms with van der Waals surface area (Å²) in [7, 11) is 0. The number of hydrogen-bond donors (Lipinski definition) is 2. The van der Waals surface area contributed by atoms with Gasteiger partial charge in [-0.2, -0.15) is 10.5 Å². The van der Waals surface area contributed by atoms with Crippen LogP contribution < -0.4 is 10.6 Å². The van der Waals surface area contributed by atoms with Crippen LogP contribution in [-0.2, 0) is 9.59 Å². The number of amides is 2. The van der Waals surface area contributed by atoms with E-state index in [9.17, 15) is 20.1 Å². The highest BCUT2D eigenvalue weighted by Crippen LogP contribution is 2.51. The van der Waals surface area contributed by atoms with E-state index in [1.54, 1.807) is 12.1 Å². The number of rotatable bonds is 4. The monoisotopic (exact) mass is 380 g/mol. The van der Waals surface area contributed by atoms with Gasteiger partial charge in [-0.05, 0) is 25.0 Å². The van der Waals surface area contributed by atoms with Crippen molar-refractivity contribution in [3.05, 3.63) is 40.9 Å². The molecule has 3 rings (SSSR count). The van der Waals surface area contributed by atoms with E-state index in [0.717, 1.165) is 31.0 Å². The Morgan fingerprint density at radius 1 is 1.22 bits per heavy atom. The number of allylic oxidation sites excluding steroid dienone is 1. The van der Waals surface area contributed by atoms with Gasteiger partial charge in [0.1, 0.15) is 5.92 Å². The fraction of sp³-hybridized carbons (Fsp3) is 0.400. The number of nitrogens with zero attached hydrogens (tertiary/aromatic N) is 2. The Morgan fingerprint density at radius 2 is 1.93 bits per heavy atom. The molecule has 1 aromatic rings. The molecule has 0 radical (unpaired) electrons. The van der Waals surface area contributed by atoms with Crippen molar-refractivity contribution in [3.63, 3.8) is 0 Å². The first-order valence-electron chi connectivity index (χ1n) is 8.94. The van der Waals surface area contributed by atoms with Gasteiger partial charge in [-0.3, -0.25) is 9.59 Å². The molecule has 2 aliphatic rings. The number of carbonyl (C=O) groups is 2. The number of thioether (sulfide) groups is 1. The molecule has 138 valence electrons. The number of nitriles is 2. The van der Waals surface area contributed by atoms with Gasteiger partial charge < -0.3 is 10.6 Å². The Hall–Kier alpha value is -2.77. The molecule has 1 aliphatic heterocycles. The van der Waals surface area contributed by atoms with Crippen molar-refractivity contribution in [1.82, 2.24) is 5.32 Å². The summed E-state index contributed by atoms with van der Waals surface area (Å²) in [5.74, 6) is -1.37. The SMILES string of the molecule is N#CC1=C(SCC(=O)Nc2ccccc2)NC(=O)[C@@H](C#N)C12CCCCC2. The van der Waals surface area contributed by atoms with E-state index in [1.807, 2.05) is 18.2 Å². The van der Waals surface area contributed by atoms with Crippen molar-refractivity contribution < 1.29 is 9.59 Å². The number of nitrogens with one attached hydrogen (secondary N) is 2. The average molecular weight is 380 g/mol. The first-order valence-corrected chi connectivity index (χ1v) is 9.92. The van der Waals surface area contributed by atoms with Crippen LogP contribution in [0.4, 0.5) is 5.69 Å². The van der Waals surface area contributed by atoms with Gasteiger partial charge in [0, 0.05) is 11.1 Å². The van der Waals surface area contributed by atoms with Gasteiger partial charge in [-0.15, -0.1) is 0 Å². The lowest BCUT2D eigenvalue weighted by Crippen LogP contribution is -2.48. The van der Waals surface area contributed by atoms with Gasteiger partial charge in [0.15, 0.2) is 0 Å². The summed E-state index contributed by atoms with van der Waals surface area (Å²) in [5.41, 5.74) is 0.423. The zero-order valence-electron chi connectivity index (χ0n) is 14.8. The molecule has 1 atom stereocenters. The number of hydrogen-bond acceptors (Lipinski definition) is 5. The number of para-hydroxylation sites is 1. The molecule has 27 heavy (non-hydrogen) atoms. The van der Waals surface area contributed by atoms with Gasteiger partial charge in [-0.1, -0.05) is 49.2 Å². The lowest BCUT2D eigenvalue weighted by molar-refractivity contribution is -0.126. The molecule has 1 aliphatic carbocycles. The van der Waals surface area contributed by atoms with Gasteiger partial charge >= 0.3 is 0 Å². The lowest BCUT2D eigenvalue weighted by Gasteiger charge is -2.43. The minimum absolute atomic E-state index is 0.0724. The second-order valence-electron chi connectivity index (χ2n) is 6.79. The molecule has 2 amide bonds. The van der Waals surface area contributed by atoms with Crippen LogP contribution in [0.1, 0.15) is 32.1 Å². The molecule has 7 heteroatoms. The molecule has 1 aromatic carbocycles. The standard InChI is InChI=1S/C20H20N4O2S/c21-11-15-18(26)24-19(16(12-22)20(15)9-5-2-6-10-20)27-13-17(25)23-14-7-3-1-4-8-14/h1,3-4,7-8,15H,2,5-6,9-10,13H2,(H,23,25)(H,24,26)/t15-/m1/s1. The molecule has 6 nitrogen and oxygen atoms in total. The molecule has 2 N–H and O–H groups in total. The Morgan fingerprint density at radius 3 is 2.56 bits per heavy atom. The molecule has 0 bridgehead atoms. The summed E-state index contributed by atoms with van der Waals surface area (Å²) in [4.78, 5) is 24.7. The van der Waals surface area contributed by atoms with Gasteiger partial charge in [0.2, 0.25) is 11.8 Å². The quantitative estimate of drug-likeness (QED) is 0.833. The Bertz CT molecular complexity index is 845. The first kappa shape index (κ1) is 19.0.